The Hall–Kier alpha value is -2.23. The van der Waals surface area contributed by atoms with Crippen molar-refractivity contribution in [3.05, 3.63) is 42.2 Å². The number of hydrogen-bond acceptors (Lipinski definition) is 4. The summed E-state index contributed by atoms with van der Waals surface area (Å²) >= 11 is 0. The zero-order valence-electron chi connectivity index (χ0n) is 28.2. The number of aromatic nitrogens is 2. The van der Waals surface area contributed by atoms with Crippen molar-refractivity contribution in [1.82, 2.24) is 9.97 Å². The van der Waals surface area contributed by atoms with Crippen molar-refractivity contribution in [3.8, 4) is 17.1 Å². The molecule has 0 bridgehead atoms. The van der Waals surface area contributed by atoms with Crippen LogP contribution in [-0.2, 0) is 4.79 Å². The summed E-state index contributed by atoms with van der Waals surface area (Å²) in [5.74, 6) is 3.65. The fourth-order valence-corrected chi connectivity index (χ4v) is 7.64. The maximum atomic E-state index is 12.8. The van der Waals surface area contributed by atoms with Crippen molar-refractivity contribution in [2.75, 3.05) is 0 Å². The maximum absolute atomic E-state index is 12.8. The molecule has 0 spiro atoms. The summed E-state index contributed by atoms with van der Waals surface area (Å²) < 4.78 is 5.79. The lowest BCUT2D eigenvalue weighted by molar-refractivity contribution is -0.140. The molecule has 2 aliphatic rings. The molecule has 2 saturated carbocycles. The summed E-state index contributed by atoms with van der Waals surface area (Å²) in [5.41, 5.74) is 2.25. The quantitative estimate of drug-likeness (QED) is 0.0911. The largest absolute Gasteiger partial charge is 0.426 e. The molecule has 4 heteroatoms. The highest BCUT2D eigenvalue weighted by molar-refractivity contribution is 5.75. The van der Waals surface area contributed by atoms with Crippen molar-refractivity contribution in [3.63, 3.8) is 0 Å². The van der Waals surface area contributed by atoms with Gasteiger partial charge in [0.1, 0.15) is 5.75 Å². The van der Waals surface area contributed by atoms with Gasteiger partial charge in [0.2, 0.25) is 0 Å². The minimum absolute atomic E-state index is 0.0436. The molecule has 1 heterocycles. The van der Waals surface area contributed by atoms with E-state index in [4.69, 9.17) is 14.7 Å². The van der Waals surface area contributed by atoms with Crippen LogP contribution in [0.5, 0.6) is 5.75 Å². The highest BCUT2D eigenvalue weighted by Crippen LogP contribution is 2.38. The number of unbranched alkanes of at least 4 members (excludes halogenated alkanes) is 11. The number of ether oxygens (including phenoxy) is 1. The summed E-state index contributed by atoms with van der Waals surface area (Å²) in [6.07, 6.45) is 34.4. The second kappa shape index (κ2) is 20.0. The number of benzene rings is 1. The van der Waals surface area contributed by atoms with Gasteiger partial charge in [-0.3, -0.25) is 4.79 Å². The van der Waals surface area contributed by atoms with Gasteiger partial charge in [0.15, 0.2) is 5.82 Å². The SMILES string of the molecule is CCCCCCCCCC[C@H]1CC[C@H](c2cnc(-c3ccc(OC(=O)[C@H]4CC[C@H](CCCCCCC)CC4)cc3)nc2)CC1. The van der Waals surface area contributed by atoms with Crippen molar-refractivity contribution >= 4 is 5.97 Å². The van der Waals surface area contributed by atoms with E-state index in [0.717, 1.165) is 36.1 Å². The van der Waals surface area contributed by atoms with Gasteiger partial charge in [0.05, 0.1) is 5.92 Å². The molecular formula is C40H62N2O2. The molecule has 2 aliphatic carbocycles. The molecule has 0 N–H and O–H groups in total. The lowest BCUT2D eigenvalue weighted by atomic mass is 9.77. The Kier molecular flexibility index (Phi) is 15.8. The van der Waals surface area contributed by atoms with E-state index in [0.29, 0.717) is 11.7 Å². The van der Waals surface area contributed by atoms with Crippen LogP contribution in [0.15, 0.2) is 36.7 Å². The molecule has 4 nitrogen and oxygen atoms in total. The molecule has 44 heavy (non-hydrogen) atoms. The van der Waals surface area contributed by atoms with E-state index in [1.165, 1.54) is 140 Å². The third kappa shape index (κ3) is 11.9. The van der Waals surface area contributed by atoms with Gasteiger partial charge in [0, 0.05) is 18.0 Å². The first-order chi connectivity index (χ1) is 21.7. The molecule has 1 aromatic heterocycles. The maximum Gasteiger partial charge on any atom is 0.314 e. The van der Waals surface area contributed by atoms with Gasteiger partial charge < -0.3 is 4.74 Å². The van der Waals surface area contributed by atoms with Gasteiger partial charge in [-0.25, -0.2) is 9.97 Å². The first-order valence-electron chi connectivity index (χ1n) is 18.8. The monoisotopic (exact) mass is 602 g/mol. The van der Waals surface area contributed by atoms with E-state index in [9.17, 15) is 4.79 Å². The summed E-state index contributed by atoms with van der Waals surface area (Å²) in [4.78, 5) is 22.3. The molecular weight excluding hydrogens is 540 g/mol. The standard InChI is InChI=1S/C40H62N2O2/c1-3-5-7-9-10-11-13-15-17-32-18-22-34(23-19-32)37-30-41-39(42-31-37)35-26-28-38(29-27-35)44-40(43)36-24-20-33(21-25-36)16-14-12-8-6-4-2/h26-34,36H,3-25H2,1-2H3/t32-,33-,34-,36-. The predicted octanol–water partition coefficient (Wildman–Crippen LogP) is 12.0. The fraction of sp³-hybridized carbons (Fsp3) is 0.725. The first kappa shape index (κ1) is 34.6. The minimum Gasteiger partial charge on any atom is -0.426 e. The Morgan fingerprint density at radius 2 is 1.11 bits per heavy atom. The second-order valence-electron chi connectivity index (χ2n) is 14.2. The van der Waals surface area contributed by atoms with Crippen LogP contribution in [0.1, 0.15) is 173 Å². The fourth-order valence-electron chi connectivity index (χ4n) is 7.64. The molecule has 0 aliphatic heterocycles. The number of nitrogens with zero attached hydrogens (tertiary/aromatic N) is 2. The van der Waals surface area contributed by atoms with Crippen molar-refractivity contribution in [1.29, 1.82) is 0 Å². The van der Waals surface area contributed by atoms with Crippen molar-refractivity contribution in [2.24, 2.45) is 17.8 Å². The van der Waals surface area contributed by atoms with Crippen LogP contribution < -0.4 is 4.74 Å². The summed E-state index contributed by atoms with van der Waals surface area (Å²) in [5, 5.41) is 0. The van der Waals surface area contributed by atoms with E-state index in [2.05, 4.69) is 13.8 Å². The molecule has 0 saturated heterocycles. The van der Waals surface area contributed by atoms with E-state index in [1.54, 1.807) is 0 Å². The normalized spacial score (nSPS) is 22.1. The van der Waals surface area contributed by atoms with Gasteiger partial charge >= 0.3 is 5.97 Å². The highest BCUT2D eigenvalue weighted by atomic mass is 16.5. The van der Waals surface area contributed by atoms with Crippen LogP contribution in [0.3, 0.4) is 0 Å². The summed E-state index contributed by atoms with van der Waals surface area (Å²) in [7, 11) is 0. The second-order valence-corrected chi connectivity index (χ2v) is 14.2. The average molecular weight is 603 g/mol. The van der Waals surface area contributed by atoms with Crippen LogP contribution >= 0.6 is 0 Å². The number of rotatable bonds is 19. The van der Waals surface area contributed by atoms with Crippen LogP contribution in [0.25, 0.3) is 11.4 Å². The number of carbonyl (C=O) groups excluding carboxylic acids is 1. The number of carbonyl (C=O) groups is 1. The lowest BCUT2D eigenvalue weighted by Gasteiger charge is -2.28. The average Bonchev–Trinajstić information content (AvgIpc) is 3.07. The smallest absolute Gasteiger partial charge is 0.314 e. The molecule has 0 radical (unpaired) electrons. The lowest BCUT2D eigenvalue weighted by Crippen LogP contribution is -2.25. The predicted molar refractivity (Wildman–Crippen MR) is 184 cm³/mol. The Bertz CT molecular complexity index is 1030. The van der Waals surface area contributed by atoms with Gasteiger partial charge in [-0.1, -0.05) is 110 Å². The van der Waals surface area contributed by atoms with Crippen LogP contribution in [0.4, 0.5) is 0 Å². The van der Waals surface area contributed by atoms with E-state index < -0.39 is 0 Å². The molecule has 4 rings (SSSR count). The van der Waals surface area contributed by atoms with E-state index in [1.807, 2.05) is 36.7 Å². The van der Waals surface area contributed by atoms with Gasteiger partial charge in [-0.2, -0.15) is 0 Å². The van der Waals surface area contributed by atoms with Crippen LogP contribution in [-0.4, -0.2) is 15.9 Å². The summed E-state index contributed by atoms with van der Waals surface area (Å²) in [6.45, 7) is 4.56. The van der Waals surface area contributed by atoms with E-state index in [-0.39, 0.29) is 11.9 Å². The Balaban J connectivity index is 1.12. The zero-order chi connectivity index (χ0) is 30.8. The Morgan fingerprint density at radius 3 is 1.64 bits per heavy atom. The van der Waals surface area contributed by atoms with Crippen LogP contribution in [0.2, 0.25) is 0 Å². The molecule has 0 atom stereocenters. The molecule has 2 aromatic rings. The summed E-state index contributed by atoms with van der Waals surface area (Å²) in [6, 6.07) is 7.73. The molecule has 1 aromatic carbocycles. The molecule has 0 unspecified atom stereocenters. The molecule has 244 valence electrons. The Labute approximate surface area is 269 Å². The minimum atomic E-state index is -0.0627. The highest BCUT2D eigenvalue weighted by Gasteiger charge is 2.27. The van der Waals surface area contributed by atoms with Crippen molar-refractivity contribution < 1.29 is 9.53 Å². The van der Waals surface area contributed by atoms with Gasteiger partial charge in [0.25, 0.3) is 0 Å². The number of hydrogen-bond donors (Lipinski definition) is 0. The van der Waals surface area contributed by atoms with Gasteiger partial charge in [-0.15, -0.1) is 0 Å². The van der Waals surface area contributed by atoms with Crippen molar-refractivity contribution in [2.45, 2.75) is 167 Å². The zero-order valence-corrected chi connectivity index (χ0v) is 28.2. The molecule has 0 amide bonds. The molecule has 2 fully saturated rings. The van der Waals surface area contributed by atoms with Gasteiger partial charge in [-0.05, 0) is 98.9 Å². The first-order valence-corrected chi connectivity index (χ1v) is 18.8. The third-order valence-electron chi connectivity index (χ3n) is 10.7. The van der Waals surface area contributed by atoms with E-state index >= 15 is 0 Å². The van der Waals surface area contributed by atoms with Crippen LogP contribution in [0, 0.1) is 17.8 Å². The number of esters is 1. The topological polar surface area (TPSA) is 52.1 Å². The third-order valence-corrected chi connectivity index (χ3v) is 10.7. The Morgan fingerprint density at radius 1 is 0.636 bits per heavy atom.